The number of rotatable bonds is 6. The number of hydrogen-bond donors (Lipinski definition) is 1. The molecule has 1 unspecified atom stereocenters. The predicted molar refractivity (Wildman–Crippen MR) is 76.0 cm³/mol. The van der Waals surface area contributed by atoms with Gasteiger partial charge < -0.3 is 10.1 Å². The topological polar surface area (TPSA) is 21.3 Å². The van der Waals surface area contributed by atoms with Crippen LogP contribution in [0.1, 0.15) is 50.6 Å². The van der Waals surface area contributed by atoms with Gasteiger partial charge in [0.25, 0.3) is 0 Å². The average molecular weight is 247 g/mol. The molecule has 0 saturated heterocycles. The molecule has 1 atom stereocenters. The summed E-state index contributed by atoms with van der Waals surface area (Å²) in [5.41, 5.74) is 1.31. The molecule has 0 aromatic heterocycles. The highest BCUT2D eigenvalue weighted by atomic mass is 16.5. The van der Waals surface area contributed by atoms with Gasteiger partial charge in [0, 0.05) is 6.04 Å². The maximum Gasteiger partial charge on any atom is 0.119 e. The Morgan fingerprint density at radius 1 is 1.33 bits per heavy atom. The highest BCUT2D eigenvalue weighted by Crippen LogP contribution is 2.27. The minimum atomic E-state index is 0.404. The van der Waals surface area contributed by atoms with Gasteiger partial charge in [0.1, 0.15) is 5.75 Å². The molecule has 0 aliphatic heterocycles. The molecule has 1 aliphatic rings. The lowest BCUT2D eigenvalue weighted by molar-refractivity contribution is 0.412. The summed E-state index contributed by atoms with van der Waals surface area (Å²) in [6.07, 6.45) is 7.09. The predicted octanol–water partition coefficient (Wildman–Crippen LogP) is 3.93. The molecule has 2 heteroatoms. The summed E-state index contributed by atoms with van der Waals surface area (Å²) in [4.78, 5) is 0. The molecule has 1 saturated carbocycles. The zero-order chi connectivity index (χ0) is 12.8. The SMILES string of the molecule is COc1cccc(C(C)NCCC2CCCC2)c1. The minimum absolute atomic E-state index is 0.404. The van der Waals surface area contributed by atoms with Gasteiger partial charge in [-0.15, -0.1) is 0 Å². The first kappa shape index (κ1) is 13.4. The van der Waals surface area contributed by atoms with Gasteiger partial charge in [-0.1, -0.05) is 37.8 Å². The van der Waals surface area contributed by atoms with E-state index in [0.29, 0.717) is 6.04 Å². The lowest BCUT2D eigenvalue weighted by Crippen LogP contribution is -2.21. The van der Waals surface area contributed by atoms with Crippen LogP contribution in [0.5, 0.6) is 5.75 Å². The summed E-state index contributed by atoms with van der Waals surface area (Å²) in [5, 5.41) is 3.62. The molecule has 100 valence electrons. The standard InChI is InChI=1S/C16H25NO/c1-13(15-8-5-9-16(12-15)18-2)17-11-10-14-6-3-4-7-14/h5,8-9,12-14,17H,3-4,6-7,10-11H2,1-2H3. The van der Waals surface area contributed by atoms with E-state index >= 15 is 0 Å². The largest absolute Gasteiger partial charge is 0.497 e. The number of methoxy groups -OCH3 is 1. The van der Waals surface area contributed by atoms with Crippen molar-refractivity contribution in [2.75, 3.05) is 13.7 Å². The van der Waals surface area contributed by atoms with Crippen LogP contribution in [-0.2, 0) is 0 Å². The van der Waals surface area contributed by atoms with E-state index in [1.54, 1.807) is 7.11 Å². The van der Waals surface area contributed by atoms with E-state index in [2.05, 4.69) is 30.4 Å². The fourth-order valence-corrected chi connectivity index (χ4v) is 2.83. The monoisotopic (exact) mass is 247 g/mol. The quantitative estimate of drug-likeness (QED) is 0.822. The van der Waals surface area contributed by atoms with Crippen molar-refractivity contribution < 1.29 is 4.74 Å². The number of nitrogens with one attached hydrogen (secondary N) is 1. The van der Waals surface area contributed by atoms with Crippen LogP contribution < -0.4 is 10.1 Å². The van der Waals surface area contributed by atoms with Crippen LogP contribution in [0.2, 0.25) is 0 Å². The second kappa shape index (κ2) is 6.79. The lowest BCUT2D eigenvalue weighted by Gasteiger charge is -2.16. The van der Waals surface area contributed by atoms with E-state index in [1.807, 2.05) is 6.07 Å². The molecule has 0 bridgehead atoms. The summed E-state index contributed by atoms with van der Waals surface area (Å²) < 4.78 is 5.26. The molecular weight excluding hydrogens is 222 g/mol. The summed E-state index contributed by atoms with van der Waals surface area (Å²) >= 11 is 0. The highest BCUT2D eigenvalue weighted by Gasteiger charge is 2.14. The Kier molecular flexibility index (Phi) is 5.06. The molecule has 0 amide bonds. The van der Waals surface area contributed by atoms with Crippen LogP contribution in [-0.4, -0.2) is 13.7 Å². The Bertz CT molecular complexity index is 358. The van der Waals surface area contributed by atoms with Gasteiger partial charge in [-0.05, 0) is 43.5 Å². The summed E-state index contributed by atoms with van der Waals surface area (Å²) in [7, 11) is 1.72. The van der Waals surface area contributed by atoms with E-state index in [-0.39, 0.29) is 0 Å². The smallest absolute Gasteiger partial charge is 0.119 e. The zero-order valence-electron chi connectivity index (χ0n) is 11.6. The first-order chi connectivity index (χ1) is 8.79. The van der Waals surface area contributed by atoms with E-state index in [4.69, 9.17) is 4.74 Å². The third-order valence-electron chi connectivity index (χ3n) is 4.07. The van der Waals surface area contributed by atoms with Crippen LogP contribution in [0, 0.1) is 5.92 Å². The van der Waals surface area contributed by atoms with E-state index < -0.39 is 0 Å². The van der Waals surface area contributed by atoms with Crippen LogP contribution in [0.4, 0.5) is 0 Å². The Morgan fingerprint density at radius 2 is 2.11 bits per heavy atom. The lowest BCUT2D eigenvalue weighted by atomic mass is 10.0. The third kappa shape index (κ3) is 3.74. The average Bonchev–Trinajstić information content (AvgIpc) is 2.92. The van der Waals surface area contributed by atoms with Crippen LogP contribution >= 0.6 is 0 Å². The van der Waals surface area contributed by atoms with Gasteiger partial charge >= 0.3 is 0 Å². The summed E-state index contributed by atoms with van der Waals surface area (Å²) in [6, 6.07) is 8.74. The van der Waals surface area contributed by atoms with Gasteiger partial charge in [-0.3, -0.25) is 0 Å². The van der Waals surface area contributed by atoms with Crippen molar-refractivity contribution in [2.24, 2.45) is 5.92 Å². The molecule has 2 nitrogen and oxygen atoms in total. The molecule has 1 N–H and O–H groups in total. The fourth-order valence-electron chi connectivity index (χ4n) is 2.83. The van der Waals surface area contributed by atoms with Crippen LogP contribution in [0.3, 0.4) is 0 Å². The molecule has 1 aromatic rings. The van der Waals surface area contributed by atoms with Gasteiger partial charge in [0.05, 0.1) is 7.11 Å². The highest BCUT2D eigenvalue weighted by molar-refractivity contribution is 5.30. The molecule has 1 fully saturated rings. The molecule has 2 rings (SSSR count). The van der Waals surface area contributed by atoms with Gasteiger partial charge in [0.15, 0.2) is 0 Å². The summed E-state index contributed by atoms with van der Waals surface area (Å²) in [5.74, 6) is 1.91. The van der Waals surface area contributed by atoms with Gasteiger partial charge in [0.2, 0.25) is 0 Å². The van der Waals surface area contributed by atoms with Crippen LogP contribution in [0.15, 0.2) is 24.3 Å². The van der Waals surface area contributed by atoms with E-state index in [9.17, 15) is 0 Å². The molecule has 1 aromatic carbocycles. The second-order valence-corrected chi connectivity index (χ2v) is 5.39. The van der Waals surface area contributed by atoms with Crippen LogP contribution in [0.25, 0.3) is 0 Å². The minimum Gasteiger partial charge on any atom is -0.497 e. The first-order valence-corrected chi connectivity index (χ1v) is 7.17. The zero-order valence-corrected chi connectivity index (χ0v) is 11.6. The molecule has 0 spiro atoms. The maximum atomic E-state index is 5.26. The van der Waals surface area contributed by atoms with Crippen molar-refractivity contribution in [3.8, 4) is 5.75 Å². The Balaban J connectivity index is 1.77. The molecular formula is C16H25NO. The van der Waals surface area contributed by atoms with E-state index in [1.165, 1.54) is 37.7 Å². The number of hydrogen-bond acceptors (Lipinski definition) is 2. The normalized spacial score (nSPS) is 17.9. The van der Waals surface area contributed by atoms with Crippen molar-refractivity contribution in [1.82, 2.24) is 5.32 Å². The molecule has 0 heterocycles. The van der Waals surface area contributed by atoms with Crippen molar-refractivity contribution >= 4 is 0 Å². The van der Waals surface area contributed by atoms with Crippen molar-refractivity contribution in [3.05, 3.63) is 29.8 Å². The number of ether oxygens (including phenoxy) is 1. The Hall–Kier alpha value is -1.02. The van der Waals surface area contributed by atoms with Gasteiger partial charge in [-0.2, -0.15) is 0 Å². The maximum absolute atomic E-state index is 5.26. The Morgan fingerprint density at radius 3 is 2.83 bits per heavy atom. The van der Waals surface area contributed by atoms with Crippen molar-refractivity contribution in [1.29, 1.82) is 0 Å². The van der Waals surface area contributed by atoms with Crippen molar-refractivity contribution in [2.45, 2.75) is 45.1 Å². The van der Waals surface area contributed by atoms with E-state index in [0.717, 1.165) is 18.2 Å². The first-order valence-electron chi connectivity index (χ1n) is 7.17. The Labute approximate surface area is 111 Å². The molecule has 0 radical (unpaired) electrons. The van der Waals surface area contributed by atoms with Gasteiger partial charge in [-0.25, -0.2) is 0 Å². The number of benzene rings is 1. The third-order valence-corrected chi connectivity index (χ3v) is 4.07. The molecule has 1 aliphatic carbocycles. The fraction of sp³-hybridized carbons (Fsp3) is 0.625. The second-order valence-electron chi connectivity index (χ2n) is 5.39. The summed E-state index contributed by atoms with van der Waals surface area (Å²) in [6.45, 7) is 3.35. The van der Waals surface area contributed by atoms with Crippen molar-refractivity contribution in [3.63, 3.8) is 0 Å². The molecule has 18 heavy (non-hydrogen) atoms.